The van der Waals surface area contributed by atoms with Crippen molar-refractivity contribution < 1.29 is 14.3 Å². The average Bonchev–Trinajstić information content (AvgIpc) is 3.47. The van der Waals surface area contributed by atoms with E-state index in [4.69, 9.17) is 9.47 Å². The Kier molecular flexibility index (Phi) is 6.03. The molecule has 0 spiro atoms. The summed E-state index contributed by atoms with van der Waals surface area (Å²) in [7, 11) is 3.46. The zero-order valence-electron chi connectivity index (χ0n) is 18.5. The molecule has 0 saturated carbocycles. The number of nitrogens with one attached hydrogen (secondary N) is 1. The first-order valence-corrected chi connectivity index (χ1v) is 11.3. The minimum absolute atomic E-state index is 0.300. The molecule has 8 nitrogen and oxygen atoms in total. The predicted molar refractivity (Wildman–Crippen MR) is 131 cm³/mol. The van der Waals surface area contributed by atoms with Gasteiger partial charge in [0.2, 0.25) is 0 Å². The molecule has 9 heteroatoms. The van der Waals surface area contributed by atoms with Gasteiger partial charge in [0.05, 0.1) is 15.1 Å². The van der Waals surface area contributed by atoms with Crippen molar-refractivity contribution in [1.29, 1.82) is 0 Å². The Morgan fingerprint density at radius 3 is 2.59 bits per heavy atom. The van der Waals surface area contributed by atoms with Gasteiger partial charge in [-0.1, -0.05) is 18.2 Å². The van der Waals surface area contributed by atoms with Gasteiger partial charge in [0.1, 0.15) is 23.1 Å². The molecule has 0 bridgehead atoms. The lowest BCUT2D eigenvalue weighted by molar-refractivity contribution is -0.126. The quantitative estimate of drug-likeness (QED) is 0.350. The molecule has 34 heavy (non-hydrogen) atoms. The molecule has 1 N–H and O–H groups in total. The Morgan fingerprint density at radius 1 is 1.03 bits per heavy atom. The highest BCUT2D eigenvalue weighted by molar-refractivity contribution is 7.22. The van der Waals surface area contributed by atoms with Crippen molar-refractivity contribution >= 4 is 33.3 Å². The smallest absolute Gasteiger partial charge is 0.259 e. The van der Waals surface area contributed by atoms with Gasteiger partial charge >= 0.3 is 0 Å². The number of methoxy groups -OCH3 is 1. The Bertz CT molecular complexity index is 1430. The normalized spacial score (nSPS) is 11.9. The number of benzene rings is 1. The number of hydrogen-bond acceptors (Lipinski definition) is 7. The van der Waals surface area contributed by atoms with Crippen molar-refractivity contribution in [2.75, 3.05) is 12.4 Å². The van der Waals surface area contributed by atoms with Crippen LogP contribution in [0, 0.1) is 0 Å². The molecule has 0 aliphatic carbocycles. The predicted octanol–water partition coefficient (Wildman–Crippen LogP) is 5.21. The number of thiophene rings is 1. The van der Waals surface area contributed by atoms with Crippen molar-refractivity contribution in [3.05, 3.63) is 84.9 Å². The number of carbonyl (C=O) groups is 1. The Morgan fingerprint density at radius 2 is 1.88 bits per heavy atom. The molecule has 1 unspecified atom stereocenters. The van der Waals surface area contributed by atoms with E-state index in [0.29, 0.717) is 22.9 Å². The maximum Gasteiger partial charge on any atom is 0.259 e. The number of carbonyl (C=O) groups excluding carboxylic acids is 1. The summed E-state index contributed by atoms with van der Waals surface area (Å²) in [6.07, 6.45) is 6.25. The van der Waals surface area contributed by atoms with E-state index in [-0.39, 0.29) is 5.91 Å². The van der Waals surface area contributed by atoms with E-state index in [1.165, 1.54) is 7.11 Å². The van der Waals surface area contributed by atoms with Crippen LogP contribution in [0.3, 0.4) is 0 Å². The Hall–Kier alpha value is -4.08. The monoisotopic (exact) mass is 471 g/mol. The van der Waals surface area contributed by atoms with Gasteiger partial charge in [0.25, 0.3) is 5.91 Å². The summed E-state index contributed by atoms with van der Waals surface area (Å²) >= 11 is 1.58. The van der Waals surface area contributed by atoms with Crippen LogP contribution in [-0.2, 0) is 16.6 Å². The molecule has 5 aromatic rings. The number of imidazole rings is 1. The number of pyridine rings is 2. The molecular formula is C25H21N5O3S. The molecule has 4 heterocycles. The van der Waals surface area contributed by atoms with Gasteiger partial charge < -0.3 is 19.4 Å². The number of rotatable bonds is 7. The third kappa shape index (κ3) is 4.39. The third-order valence-corrected chi connectivity index (χ3v) is 6.35. The maximum absolute atomic E-state index is 12.7. The van der Waals surface area contributed by atoms with E-state index in [2.05, 4.69) is 20.3 Å². The zero-order chi connectivity index (χ0) is 23.5. The van der Waals surface area contributed by atoms with E-state index < -0.39 is 6.10 Å². The lowest BCUT2D eigenvalue weighted by atomic mass is 10.1. The average molecular weight is 472 g/mol. The summed E-state index contributed by atoms with van der Waals surface area (Å²) in [5.74, 6) is 2.40. The summed E-state index contributed by atoms with van der Waals surface area (Å²) in [6, 6.07) is 16.4. The fraction of sp³-hybridized carbons (Fsp3) is 0.120. The number of ether oxygens (including phenoxy) is 2. The summed E-state index contributed by atoms with van der Waals surface area (Å²) in [4.78, 5) is 26.7. The number of amides is 1. The lowest BCUT2D eigenvalue weighted by Gasteiger charge is -2.16. The van der Waals surface area contributed by atoms with Crippen LogP contribution in [0.1, 0.15) is 11.7 Å². The van der Waals surface area contributed by atoms with Crippen LogP contribution in [0.4, 0.5) is 5.82 Å². The molecule has 1 amide bonds. The molecule has 170 valence electrons. The van der Waals surface area contributed by atoms with Gasteiger partial charge in [0.15, 0.2) is 6.10 Å². The second kappa shape index (κ2) is 9.42. The van der Waals surface area contributed by atoms with E-state index in [9.17, 15) is 4.79 Å². The molecule has 1 atom stereocenters. The van der Waals surface area contributed by atoms with Crippen LogP contribution in [0.25, 0.3) is 20.9 Å². The largest absolute Gasteiger partial charge is 0.456 e. The fourth-order valence-electron chi connectivity index (χ4n) is 3.57. The highest BCUT2D eigenvalue weighted by Gasteiger charge is 2.21. The number of hydrogen-bond donors (Lipinski definition) is 1. The molecule has 0 aliphatic rings. The van der Waals surface area contributed by atoms with E-state index >= 15 is 0 Å². The van der Waals surface area contributed by atoms with E-state index in [0.717, 1.165) is 20.9 Å². The highest BCUT2D eigenvalue weighted by Crippen LogP contribution is 2.38. The minimum atomic E-state index is -0.777. The van der Waals surface area contributed by atoms with Gasteiger partial charge in [-0.3, -0.25) is 9.78 Å². The van der Waals surface area contributed by atoms with Crippen LogP contribution in [-0.4, -0.2) is 32.5 Å². The van der Waals surface area contributed by atoms with Crippen LogP contribution < -0.4 is 10.1 Å². The summed E-state index contributed by atoms with van der Waals surface area (Å²) in [5.41, 5.74) is 1.55. The van der Waals surface area contributed by atoms with Crippen LogP contribution in [0.5, 0.6) is 11.5 Å². The van der Waals surface area contributed by atoms with E-state index in [1.807, 2.05) is 54.2 Å². The van der Waals surface area contributed by atoms with Crippen molar-refractivity contribution in [2.45, 2.75) is 6.10 Å². The van der Waals surface area contributed by atoms with Gasteiger partial charge in [-0.25, -0.2) is 9.97 Å². The van der Waals surface area contributed by atoms with Crippen molar-refractivity contribution in [3.63, 3.8) is 0 Å². The van der Waals surface area contributed by atoms with Crippen LogP contribution in [0.15, 0.2) is 79.4 Å². The number of fused-ring (bicyclic) bond motifs is 1. The fourth-order valence-corrected chi connectivity index (χ4v) is 4.67. The first-order chi connectivity index (χ1) is 16.6. The molecule has 4 aromatic heterocycles. The first-order valence-electron chi connectivity index (χ1n) is 10.5. The second-order valence-corrected chi connectivity index (χ2v) is 8.54. The van der Waals surface area contributed by atoms with Crippen molar-refractivity contribution in [3.8, 4) is 22.2 Å². The minimum Gasteiger partial charge on any atom is -0.456 e. The van der Waals surface area contributed by atoms with Crippen molar-refractivity contribution in [2.24, 2.45) is 7.05 Å². The summed E-state index contributed by atoms with van der Waals surface area (Å²) in [6.45, 7) is 0. The topological polar surface area (TPSA) is 91.2 Å². The third-order valence-electron chi connectivity index (χ3n) is 5.22. The zero-order valence-corrected chi connectivity index (χ0v) is 19.3. The molecule has 0 aliphatic heterocycles. The van der Waals surface area contributed by atoms with E-state index in [1.54, 1.807) is 48.1 Å². The number of aryl methyl sites for hydroxylation is 1. The van der Waals surface area contributed by atoms with Gasteiger partial charge in [0, 0.05) is 45.0 Å². The lowest BCUT2D eigenvalue weighted by Crippen LogP contribution is -2.23. The summed E-state index contributed by atoms with van der Waals surface area (Å²) in [5, 5.41) is 2.77. The Labute approximate surface area is 199 Å². The Balaban J connectivity index is 1.35. The highest BCUT2D eigenvalue weighted by atomic mass is 32.1. The number of anilines is 1. The number of nitrogens with zero attached hydrogens (tertiary/aromatic N) is 4. The van der Waals surface area contributed by atoms with Crippen LogP contribution in [0.2, 0.25) is 0 Å². The van der Waals surface area contributed by atoms with Gasteiger partial charge in [-0.15, -0.1) is 11.3 Å². The SMILES string of the molecule is COC(C(=O)Nc1ccccn1)c1ccc(Oc2ccnc3cc(-c4nccn4C)sc23)cc1. The first kappa shape index (κ1) is 21.7. The van der Waals surface area contributed by atoms with Crippen molar-refractivity contribution in [1.82, 2.24) is 19.5 Å². The molecule has 0 radical (unpaired) electrons. The molecular weight excluding hydrogens is 450 g/mol. The van der Waals surface area contributed by atoms with Crippen LogP contribution >= 0.6 is 11.3 Å². The maximum atomic E-state index is 12.7. The molecule has 1 aromatic carbocycles. The van der Waals surface area contributed by atoms with Gasteiger partial charge in [-0.05, 0) is 35.9 Å². The molecule has 0 fully saturated rings. The molecule has 5 rings (SSSR count). The standard InChI is InChI=1S/C25H21N5O3S/c1-30-14-13-28-24(30)20-15-18-23(34-20)19(10-12-26-18)33-17-8-6-16(7-9-17)22(32-2)25(31)29-21-5-3-4-11-27-21/h3-15,22H,1-2H3,(H,27,29,31). The molecule has 0 saturated heterocycles. The second-order valence-electron chi connectivity index (χ2n) is 7.49. The van der Waals surface area contributed by atoms with Gasteiger partial charge in [-0.2, -0.15) is 0 Å². The summed E-state index contributed by atoms with van der Waals surface area (Å²) < 4.78 is 14.5. The number of aromatic nitrogens is 4.